The van der Waals surface area contributed by atoms with Crippen LogP contribution in [0.25, 0.3) is 0 Å². The molecular formula is C15H17BrN2O2. The zero-order valence-electron chi connectivity index (χ0n) is 11.5. The van der Waals surface area contributed by atoms with E-state index in [1.165, 1.54) is 0 Å². The second-order valence-electron chi connectivity index (χ2n) is 4.39. The second kappa shape index (κ2) is 6.61. The van der Waals surface area contributed by atoms with E-state index in [0.717, 1.165) is 17.4 Å². The van der Waals surface area contributed by atoms with Crippen LogP contribution in [0.5, 0.6) is 5.75 Å². The van der Waals surface area contributed by atoms with Crippen molar-refractivity contribution in [2.24, 2.45) is 0 Å². The molecule has 0 bridgehead atoms. The van der Waals surface area contributed by atoms with E-state index in [4.69, 9.17) is 4.74 Å². The van der Waals surface area contributed by atoms with Crippen molar-refractivity contribution < 1.29 is 9.53 Å². The van der Waals surface area contributed by atoms with Gasteiger partial charge in [-0.25, -0.2) is 0 Å². The van der Waals surface area contributed by atoms with Gasteiger partial charge in [0.15, 0.2) is 0 Å². The summed E-state index contributed by atoms with van der Waals surface area (Å²) in [6.45, 7) is 2.91. The molecule has 0 unspecified atom stereocenters. The van der Waals surface area contributed by atoms with E-state index in [1.807, 2.05) is 35.0 Å². The fourth-order valence-corrected chi connectivity index (χ4v) is 2.32. The molecule has 0 spiro atoms. The molecule has 0 aliphatic rings. The zero-order chi connectivity index (χ0) is 14.5. The number of nitrogens with zero attached hydrogens (tertiary/aromatic N) is 1. The molecular weight excluding hydrogens is 320 g/mol. The molecule has 106 valence electrons. The van der Waals surface area contributed by atoms with Gasteiger partial charge in [-0.1, -0.05) is 6.92 Å². The van der Waals surface area contributed by atoms with E-state index in [9.17, 15) is 4.79 Å². The van der Waals surface area contributed by atoms with Crippen LogP contribution in [0.4, 0.5) is 5.69 Å². The molecule has 2 rings (SSSR count). The Morgan fingerprint density at radius 1 is 1.40 bits per heavy atom. The van der Waals surface area contributed by atoms with Crippen LogP contribution < -0.4 is 10.1 Å². The van der Waals surface area contributed by atoms with Gasteiger partial charge in [-0.3, -0.25) is 4.79 Å². The number of nitrogens with one attached hydrogen (secondary N) is 1. The number of hydrogen-bond acceptors (Lipinski definition) is 2. The number of anilines is 1. The Bertz CT molecular complexity index is 608. The van der Waals surface area contributed by atoms with Gasteiger partial charge in [0.1, 0.15) is 11.4 Å². The van der Waals surface area contributed by atoms with Crippen molar-refractivity contribution >= 4 is 27.5 Å². The quantitative estimate of drug-likeness (QED) is 0.899. The number of carbonyl (C=O) groups excluding carboxylic acids is 1. The lowest BCUT2D eigenvalue weighted by molar-refractivity contribution is 0.101. The van der Waals surface area contributed by atoms with Crippen LogP contribution >= 0.6 is 15.9 Å². The van der Waals surface area contributed by atoms with E-state index < -0.39 is 0 Å². The molecule has 0 fully saturated rings. The fraction of sp³-hybridized carbons (Fsp3) is 0.267. The molecule has 0 aliphatic carbocycles. The summed E-state index contributed by atoms with van der Waals surface area (Å²) < 4.78 is 7.93. The number of ether oxygens (including phenoxy) is 1. The van der Waals surface area contributed by atoms with Gasteiger partial charge in [0.25, 0.3) is 5.91 Å². The van der Waals surface area contributed by atoms with Crippen LogP contribution in [0.15, 0.2) is 41.0 Å². The molecule has 1 aromatic heterocycles. The van der Waals surface area contributed by atoms with Crippen molar-refractivity contribution in [2.75, 3.05) is 12.4 Å². The number of aromatic nitrogens is 1. The van der Waals surface area contributed by atoms with Gasteiger partial charge < -0.3 is 14.6 Å². The molecule has 1 N–H and O–H groups in total. The first-order chi connectivity index (χ1) is 9.65. The molecule has 1 amide bonds. The minimum atomic E-state index is -0.127. The maximum atomic E-state index is 12.3. The first kappa shape index (κ1) is 14.7. The predicted octanol–water partition coefficient (Wildman–Crippen LogP) is 3.92. The molecule has 20 heavy (non-hydrogen) atoms. The summed E-state index contributed by atoms with van der Waals surface area (Å²) in [6, 6.07) is 9.17. The molecule has 1 heterocycles. The standard InChI is InChI=1S/C15H17BrN2O2/c1-3-8-18-9-4-5-14(18)15(19)17-13-10-11(20-2)6-7-12(13)16/h4-7,9-10H,3,8H2,1-2H3,(H,17,19). The third-order valence-electron chi connectivity index (χ3n) is 2.95. The van der Waals surface area contributed by atoms with Gasteiger partial charge in [-0.2, -0.15) is 0 Å². The van der Waals surface area contributed by atoms with Gasteiger partial charge in [0.2, 0.25) is 0 Å². The van der Waals surface area contributed by atoms with Crippen molar-refractivity contribution in [3.8, 4) is 5.75 Å². The highest BCUT2D eigenvalue weighted by Crippen LogP contribution is 2.27. The summed E-state index contributed by atoms with van der Waals surface area (Å²) in [7, 11) is 1.60. The van der Waals surface area contributed by atoms with Crippen molar-refractivity contribution in [3.63, 3.8) is 0 Å². The summed E-state index contributed by atoms with van der Waals surface area (Å²) in [5.74, 6) is 0.574. The minimum absolute atomic E-state index is 0.127. The van der Waals surface area contributed by atoms with Crippen molar-refractivity contribution in [2.45, 2.75) is 19.9 Å². The van der Waals surface area contributed by atoms with E-state index >= 15 is 0 Å². The molecule has 2 aromatic rings. The summed E-state index contributed by atoms with van der Waals surface area (Å²) in [5.41, 5.74) is 1.35. The molecule has 0 saturated carbocycles. The molecule has 4 nitrogen and oxygen atoms in total. The van der Waals surface area contributed by atoms with Crippen molar-refractivity contribution in [3.05, 3.63) is 46.7 Å². The molecule has 0 saturated heterocycles. The topological polar surface area (TPSA) is 43.3 Å². The summed E-state index contributed by atoms with van der Waals surface area (Å²) in [5, 5.41) is 2.90. The molecule has 0 radical (unpaired) electrons. The number of halogens is 1. The lowest BCUT2D eigenvalue weighted by Crippen LogP contribution is -2.17. The maximum Gasteiger partial charge on any atom is 0.272 e. The van der Waals surface area contributed by atoms with Crippen LogP contribution in [0.1, 0.15) is 23.8 Å². The second-order valence-corrected chi connectivity index (χ2v) is 5.24. The van der Waals surface area contributed by atoms with E-state index in [1.54, 1.807) is 13.2 Å². The summed E-state index contributed by atoms with van der Waals surface area (Å²) in [6.07, 6.45) is 2.90. The Morgan fingerprint density at radius 2 is 2.20 bits per heavy atom. The highest BCUT2D eigenvalue weighted by Gasteiger charge is 2.12. The van der Waals surface area contributed by atoms with Gasteiger partial charge in [0.05, 0.1) is 12.8 Å². The Balaban J connectivity index is 2.21. The highest BCUT2D eigenvalue weighted by atomic mass is 79.9. The minimum Gasteiger partial charge on any atom is -0.497 e. The smallest absolute Gasteiger partial charge is 0.272 e. The summed E-state index contributed by atoms with van der Waals surface area (Å²) >= 11 is 3.42. The van der Waals surface area contributed by atoms with Gasteiger partial charge in [-0.15, -0.1) is 0 Å². The average molecular weight is 337 g/mol. The van der Waals surface area contributed by atoms with E-state index in [2.05, 4.69) is 28.2 Å². The number of rotatable bonds is 5. The number of hydrogen-bond donors (Lipinski definition) is 1. The number of carbonyl (C=O) groups is 1. The van der Waals surface area contributed by atoms with Crippen LogP contribution in [0, 0.1) is 0 Å². The molecule has 5 heteroatoms. The Labute approximate surface area is 126 Å². The van der Waals surface area contributed by atoms with Gasteiger partial charge in [0, 0.05) is 23.3 Å². The first-order valence-electron chi connectivity index (χ1n) is 6.45. The highest BCUT2D eigenvalue weighted by molar-refractivity contribution is 9.10. The predicted molar refractivity (Wildman–Crippen MR) is 83.4 cm³/mol. The maximum absolute atomic E-state index is 12.3. The van der Waals surface area contributed by atoms with E-state index in [0.29, 0.717) is 17.1 Å². The van der Waals surface area contributed by atoms with Crippen LogP contribution in [0.3, 0.4) is 0 Å². The number of methoxy groups -OCH3 is 1. The number of aryl methyl sites for hydroxylation is 1. The van der Waals surface area contributed by atoms with Crippen molar-refractivity contribution in [1.82, 2.24) is 4.57 Å². The lowest BCUT2D eigenvalue weighted by atomic mass is 10.3. The first-order valence-corrected chi connectivity index (χ1v) is 7.25. The van der Waals surface area contributed by atoms with Crippen LogP contribution in [-0.2, 0) is 6.54 Å². The SMILES string of the molecule is CCCn1cccc1C(=O)Nc1cc(OC)ccc1Br. The Hall–Kier alpha value is -1.75. The van der Waals surface area contributed by atoms with Crippen LogP contribution in [0.2, 0.25) is 0 Å². The average Bonchev–Trinajstić information content (AvgIpc) is 2.90. The third-order valence-corrected chi connectivity index (χ3v) is 3.64. The molecule has 0 atom stereocenters. The number of benzene rings is 1. The van der Waals surface area contributed by atoms with E-state index in [-0.39, 0.29) is 5.91 Å². The fourth-order valence-electron chi connectivity index (χ4n) is 1.97. The zero-order valence-corrected chi connectivity index (χ0v) is 13.1. The number of amides is 1. The summed E-state index contributed by atoms with van der Waals surface area (Å²) in [4.78, 5) is 12.3. The molecule has 1 aromatic carbocycles. The third kappa shape index (κ3) is 3.22. The van der Waals surface area contributed by atoms with Gasteiger partial charge in [-0.05, 0) is 46.6 Å². The largest absolute Gasteiger partial charge is 0.497 e. The Kier molecular flexibility index (Phi) is 4.84. The monoisotopic (exact) mass is 336 g/mol. The molecule has 0 aliphatic heterocycles. The van der Waals surface area contributed by atoms with Crippen LogP contribution in [-0.4, -0.2) is 17.6 Å². The lowest BCUT2D eigenvalue weighted by Gasteiger charge is -2.11. The van der Waals surface area contributed by atoms with Gasteiger partial charge >= 0.3 is 0 Å². The Morgan fingerprint density at radius 3 is 2.90 bits per heavy atom. The normalized spacial score (nSPS) is 10.3. The van der Waals surface area contributed by atoms with Crippen molar-refractivity contribution in [1.29, 1.82) is 0 Å².